The van der Waals surface area contributed by atoms with E-state index in [0.29, 0.717) is 22.9 Å². The molecule has 1 aromatic heterocycles. The molecule has 0 radical (unpaired) electrons. The van der Waals surface area contributed by atoms with Crippen LogP contribution < -0.4 is 11.1 Å². The third kappa shape index (κ3) is 4.03. The molecule has 7 heteroatoms. The number of rotatable bonds is 5. The summed E-state index contributed by atoms with van der Waals surface area (Å²) in [5.41, 5.74) is 9.20. The predicted octanol–water partition coefficient (Wildman–Crippen LogP) is 3.68. The molecule has 1 amide bonds. The molecule has 28 heavy (non-hydrogen) atoms. The summed E-state index contributed by atoms with van der Waals surface area (Å²) >= 11 is 5.94. The van der Waals surface area contributed by atoms with Crippen LogP contribution in [0.3, 0.4) is 0 Å². The van der Waals surface area contributed by atoms with Crippen LogP contribution in [0.25, 0.3) is 16.9 Å². The lowest BCUT2D eigenvalue weighted by Gasteiger charge is -2.11. The molecule has 4 rings (SSSR count). The Morgan fingerprint density at radius 1 is 1.21 bits per heavy atom. The van der Waals surface area contributed by atoms with Crippen molar-refractivity contribution in [2.45, 2.75) is 18.9 Å². The number of nitrogen functional groups attached to an aromatic ring is 1. The number of carbonyl (C=O) groups excluding carboxylic acids is 1. The van der Waals surface area contributed by atoms with Crippen LogP contribution in [-0.4, -0.2) is 34.9 Å². The van der Waals surface area contributed by atoms with Crippen molar-refractivity contribution >= 4 is 23.3 Å². The zero-order chi connectivity index (χ0) is 19.5. The first-order chi connectivity index (χ1) is 13.6. The van der Waals surface area contributed by atoms with E-state index >= 15 is 0 Å². The van der Waals surface area contributed by atoms with Gasteiger partial charge >= 0.3 is 0 Å². The van der Waals surface area contributed by atoms with E-state index in [0.717, 1.165) is 36.4 Å². The van der Waals surface area contributed by atoms with E-state index in [4.69, 9.17) is 22.1 Å². The van der Waals surface area contributed by atoms with E-state index in [1.54, 1.807) is 16.8 Å². The molecule has 3 N–H and O–H groups in total. The summed E-state index contributed by atoms with van der Waals surface area (Å²) in [6.07, 6.45) is 2.17. The lowest BCUT2D eigenvalue weighted by atomic mass is 10.1. The molecule has 2 aromatic carbocycles. The number of ether oxygens (including phenoxy) is 1. The van der Waals surface area contributed by atoms with Crippen molar-refractivity contribution in [3.05, 3.63) is 65.2 Å². The van der Waals surface area contributed by atoms with Crippen LogP contribution in [0, 0.1) is 0 Å². The fraction of sp³-hybridized carbons (Fsp3) is 0.238. The van der Waals surface area contributed by atoms with E-state index < -0.39 is 0 Å². The van der Waals surface area contributed by atoms with Gasteiger partial charge in [-0.25, -0.2) is 4.68 Å². The Morgan fingerprint density at radius 2 is 1.96 bits per heavy atom. The number of amides is 1. The number of halogens is 1. The van der Waals surface area contributed by atoms with Gasteiger partial charge in [0.25, 0.3) is 5.91 Å². The van der Waals surface area contributed by atoms with Crippen LogP contribution >= 0.6 is 11.6 Å². The molecule has 1 aliphatic rings. The normalized spacial score (nSPS) is 16.2. The fourth-order valence-corrected chi connectivity index (χ4v) is 3.36. The van der Waals surface area contributed by atoms with Gasteiger partial charge in [-0.1, -0.05) is 23.7 Å². The quantitative estimate of drug-likeness (QED) is 0.689. The molecule has 1 atom stereocenters. The summed E-state index contributed by atoms with van der Waals surface area (Å²) in [6, 6.07) is 16.4. The number of hydrogen-bond acceptors (Lipinski definition) is 4. The van der Waals surface area contributed by atoms with Gasteiger partial charge in [0.1, 0.15) is 5.82 Å². The molecule has 1 saturated heterocycles. The minimum Gasteiger partial charge on any atom is -0.384 e. The maximum Gasteiger partial charge on any atom is 0.251 e. The van der Waals surface area contributed by atoms with Crippen LogP contribution in [0.5, 0.6) is 0 Å². The molecular formula is C21H21ClN4O2. The third-order valence-corrected chi connectivity index (χ3v) is 5.02. The van der Waals surface area contributed by atoms with Gasteiger partial charge in [0.2, 0.25) is 0 Å². The van der Waals surface area contributed by atoms with Gasteiger partial charge in [0.15, 0.2) is 0 Å². The van der Waals surface area contributed by atoms with Crippen molar-refractivity contribution in [1.82, 2.24) is 15.1 Å². The standard InChI is InChI=1S/C21H21ClN4O2/c22-16-7-3-14(4-8-16)19-12-20(23)26(25-19)17-9-5-15(6-10-17)21(27)24-13-18-2-1-11-28-18/h3-10,12,18H,1-2,11,13,23H2,(H,24,27). The number of nitrogens with one attached hydrogen (secondary N) is 1. The summed E-state index contributed by atoms with van der Waals surface area (Å²) in [4.78, 5) is 12.3. The van der Waals surface area contributed by atoms with E-state index in [1.165, 1.54) is 0 Å². The molecule has 0 saturated carbocycles. The van der Waals surface area contributed by atoms with E-state index in [9.17, 15) is 4.79 Å². The average molecular weight is 397 g/mol. The van der Waals surface area contributed by atoms with Gasteiger partial charge in [0, 0.05) is 35.4 Å². The predicted molar refractivity (Wildman–Crippen MR) is 110 cm³/mol. The molecule has 1 fully saturated rings. The highest BCUT2D eigenvalue weighted by molar-refractivity contribution is 6.30. The number of benzene rings is 2. The summed E-state index contributed by atoms with van der Waals surface area (Å²) in [5, 5.41) is 8.17. The molecular weight excluding hydrogens is 376 g/mol. The van der Waals surface area contributed by atoms with Gasteiger partial charge in [-0.3, -0.25) is 4.79 Å². The van der Waals surface area contributed by atoms with Gasteiger partial charge in [-0.05, 0) is 49.2 Å². The van der Waals surface area contributed by atoms with E-state index in [1.807, 2.05) is 42.5 Å². The number of aromatic nitrogens is 2. The summed E-state index contributed by atoms with van der Waals surface area (Å²) in [7, 11) is 0. The number of hydrogen-bond donors (Lipinski definition) is 2. The minimum absolute atomic E-state index is 0.114. The zero-order valence-corrected chi connectivity index (χ0v) is 16.0. The largest absolute Gasteiger partial charge is 0.384 e. The first kappa shape index (κ1) is 18.5. The molecule has 1 unspecified atom stereocenters. The highest BCUT2D eigenvalue weighted by Crippen LogP contribution is 2.24. The first-order valence-electron chi connectivity index (χ1n) is 9.22. The van der Waals surface area contributed by atoms with Crippen LogP contribution in [0.2, 0.25) is 5.02 Å². The van der Waals surface area contributed by atoms with Crippen molar-refractivity contribution in [3.8, 4) is 16.9 Å². The third-order valence-electron chi connectivity index (χ3n) is 4.77. The smallest absolute Gasteiger partial charge is 0.251 e. The number of carbonyl (C=O) groups is 1. The Bertz CT molecular complexity index is 961. The molecule has 1 aliphatic heterocycles. The average Bonchev–Trinajstić information content (AvgIpc) is 3.36. The lowest BCUT2D eigenvalue weighted by molar-refractivity contribution is 0.0858. The van der Waals surface area contributed by atoms with Gasteiger partial charge in [-0.2, -0.15) is 5.10 Å². The fourth-order valence-electron chi connectivity index (χ4n) is 3.23. The van der Waals surface area contributed by atoms with Gasteiger partial charge < -0.3 is 15.8 Å². The minimum atomic E-state index is -0.114. The summed E-state index contributed by atoms with van der Waals surface area (Å²) in [6.45, 7) is 1.32. The monoisotopic (exact) mass is 396 g/mol. The Hall–Kier alpha value is -2.83. The number of nitrogens with two attached hydrogens (primary N) is 1. The molecule has 0 bridgehead atoms. The molecule has 0 spiro atoms. The van der Waals surface area contributed by atoms with Crippen LogP contribution in [-0.2, 0) is 4.74 Å². The SMILES string of the molecule is Nc1cc(-c2ccc(Cl)cc2)nn1-c1ccc(C(=O)NCC2CCCO2)cc1. The van der Waals surface area contributed by atoms with Crippen molar-refractivity contribution in [2.24, 2.45) is 0 Å². The topological polar surface area (TPSA) is 82.2 Å². The molecule has 3 aromatic rings. The van der Waals surface area contributed by atoms with Crippen molar-refractivity contribution in [2.75, 3.05) is 18.9 Å². The van der Waals surface area contributed by atoms with Gasteiger partial charge in [0.05, 0.1) is 17.5 Å². The zero-order valence-electron chi connectivity index (χ0n) is 15.3. The second kappa shape index (κ2) is 8.04. The van der Waals surface area contributed by atoms with Crippen LogP contribution in [0.1, 0.15) is 23.2 Å². The molecule has 144 valence electrons. The van der Waals surface area contributed by atoms with E-state index in [-0.39, 0.29) is 12.0 Å². The maximum absolute atomic E-state index is 12.3. The van der Waals surface area contributed by atoms with E-state index in [2.05, 4.69) is 10.4 Å². The first-order valence-corrected chi connectivity index (χ1v) is 9.60. The van der Waals surface area contributed by atoms with Crippen molar-refractivity contribution < 1.29 is 9.53 Å². The second-order valence-electron chi connectivity index (χ2n) is 6.77. The summed E-state index contributed by atoms with van der Waals surface area (Å²) < 4.78 is 7.18. The van der Waals surface area contributed by atoms with Crippen LogP contribution in [0.4, 0.5) is 5.82 Å². The number of nitrogens with zero attached hydrogens (tertiary/aromatic N) is 2. The maximum atomic E-state index is 12.3. The highest BCUT2D eigenvalue weighted by atomic mass is 35.5. The molecule has 2 heterocycles. The molecule has 6 nitrogen and oxygen atoms in total. The van der Waals surface area contributed by atoms with Gasteiger partial charge in [-0.15, -0.1) is 0 Å². The number of anilines is 1. The van der Waals surface area contributed by atoms with Crippen LogP contribution in [0.15, 0.2) is 54.6 Å². The lowest BCUT2D eigenvalue weighted by Crippen LogP contribution is -2.31. The van der Waals surface area contributed by atoms with Crippen molar-refractivity contribution in [1.29, 1.82) is 0 Å². The second-order valence-corrected chi connectivity index (χ2v) is 7.20. The molecule has 0 aliphatic carbocycles. The van der Waals surface area contributed by atoms with Crippen molar-refractivity contribution in [3.63, 3.8) is 0 Å². The Balaban J connectivity index is 1.47. The Kier molecular flexibility index (Phi) is 5.32. The summed E-state index contributed by atoms with van der Waals surface area (Å²) in [5.74, 6) is 0.401. The Labute approximate surface area is 168 Å². The Morgan fingerprint density at radius 3 is 2.64 bits per heavy atom. The highest BCUT2D eigenvalue weighted by Gasteiger charge is 2.17.